The van der Waals surface area contributed by atoms with Gasteiger partial charge in [-0.15, -0.1) is 0 Å². The second kappa shape index (κ2) is 7.41. The molecule has 0 unspecified atom stereocenters. The van der Waals surface area contributed by atoms with Crippen LogP contribution in [0.1, 0.15) is 21.8 Å². The zero-order valence-corrected chi connectivity index (χ0v) is 15.3. The Morgan fingerprint density at radius 1 is 1.25 bits per heavy atom. The van der Waals surface area contributed by atoms with Crippen LogP contribution in [0.25, 0.3) is 0 Å². The number of carbonyl (C=O) groups excluding carboxylic acids is 2. The molecule has 2 heterocycles. The van der Waals surface area contributed by atoms with Crippen LogP contribution in [-0.2, 0) is 4.79 Å². The van der Waals surface area contributed by atoms with Gasteiger partial charge in [0.15, 0.2) is 5.82 Å². The summed E-state index contributed by atoms with van der Waals surface area (Å²) in [4.78, 5) is 32.2. The number of benzene rings is 1. The van der Waals surface area contributed by atoms with Crippen molar-refractivity contribution < 1.29 is 31.5 Å². The lowest BCUT2D eigenvalue weighted by molar-refractivity contribution is -0.155. The van der Waals surface area contributed by atoms with Gasteiger partial charge in [0.05, 0.1) is 16.9 Å². The summed E-state index contributed by atoms with van der Waals surface area (Å²) in [6, 6.07) is 2.19. The van der Waals surface area contributed by atoms with E-state index in [9.17, 15) is 31.5 Å². The molecule has 148 valence electrons. The molecule has 0 spiro atoms. The largest absolute Gasteiger partial charge is 0.397 e. The molecule has 1 aliphatic rings. The quantitative estimate of drug-likeness (QED) is 0.707. The van der Waals surface area contributed by atoms with Crippen molar-refractivity contribution in [3.63, 3.8) is 0 Å². The molecular formula is C16H10BrF5N4O2. The first kappa shape index (κ1) is 20.1. The number of carbonyl (C=O) groups is 2. The molecule has 2 amide bonds. The van der Waals surface area contributed by atoms with Crippen molar-refractivity contribution in [2.75, 3.05) is 18.4 Å². The number of nitrogens with zero attached hydrogens (tertiary/aromatic N) is 3. The van der Waals surface area contributed by atoms with E-state index in [0.717, 1.165) is 24.5 Å². The predicted octanol–water partition coefficient (Wildman–Crippen LogP) is 3.26. The molecule has 1 N–H and O–H groups in total. The number of hydrogen-bond donors (Lipinski definition) is 1. The van der Waals surface area contributed by atoms with Crippen molar-refractivity contribution in [1.82, 2.24) is 14.9 Å². The second-order valence-corrected chi connectivity index (χ2v) is 6.73. The maximum Gasteiger partial charge on any atom is 0.397 e. The van der Waals surface area contributed by atoms with E-state index in [4.69, 9.17) is 0 Å². The predicted molar refractivity (Wildman–Crippen MR) is 89.4 cm³/mol. The molecule has 0 fully saturated rings. The number of anilines is 1. The number of alkyl halides is 3. The third-order valence-corrected chi connectivity index (χ3v) is 4.62. The van der Waals surface area contributed by atoms with Crippen LogP contribution in [0.2, 0.25) is 0 Å². The minimum atomic E-state index is -4.84. The highest BCUT2D eigenvalue weighted by Gasteiger charge is 2.49. The summed E-state index contributed by atoms with van der Waals surface area (Å²) in [6.45, 7) is -1.68. The lowest BCUT2D eigenvalue weighted by Gasteiger charge is -2.35. The molecule has 28 heavy (non-hydrogen) atoms. The Bertz CT molecular complexity index is 936. The van der Waals surface area contributed by atoms with Crippen molar-refractivity contribution >= 4 is 33.7 Å². The minimum Gasteiger partial charge on any atom is -0.328 e. The first-order chi connectivity index (χ1) is 13.1. The zero-order chi connectivity index (χ0) is 20.6. The topological polar surface area (TPSA) is 75.2 Å². The van der Waals surface area contributed by atoms with E-state index in [1.165, 1.54) is 0 Å². The van der Waals surface area contributed by atoms with Gasteiger partial charge in [-0.1, -0.05) is 0 Å². The summed E-state index contributed by atoms with van der Waals surface area (Å²) in [5, 5.41) is 2.15. The van der Waals surface area contributed by atoms with Gasteiger partial charge in [-0.3, -0.25) is 14.9 Å². The van der Waals surface area contributed by atoms with E-state index in [0.29, 0.717) is 4.90 Å². The lowest BCUT2D eigenvalue weighted by atomic mass is 9.88. The van der Waals surface area contributed by atoms with Crippen LogP contribution < -0.4 is 5.32 Å². The molecule has 0 saturated carbocycles. The fourth-order valence-electron chi connectivity index (χ4n) is 2.78. The van der Waals surface area contributed by atoms with Gasteiger partial charge >= 0.3 is 6.18 Å². The highest BCUT2D eigenvalue weighted by molar-refractivity contribution is 9.10. The van der Waals surface area contributed by atoms with Crippen LogP contribution >= 0.6 is 15.9 Å². The van der Waals surface area contributed by atoms with E-state index < -0.39 is 59.8 Å². The highest BCUT2D eigenvalue weighted by atomic mass is 79.9. The van der Waals surface area contributed by atoms with Gasteiger partial charge in [0.2, 0.25) is 11.9 Å². The summed E-state index contributed by atoms with van der Waals surface area (Å²) in [7, 11) is 0. The fraction of sp³-hybridized carbons (Fsp3) is 0.250. The average molecular weight is 465 g/mol. The molecular weight excluding hydrogens is 455 g/mol. The number of amides is 2. The third kappa shape index (κ3) is 3.96. The zero-order valence-electron chi connectivity index (χ0n) is 13.7. The molecule has 0 radical (unpaired) electrons. The van der Waals surface area contributed by atoms with Crippen LogP contribution in [0.15, 0.2) is 29.0 Å². The number of hydrogen-bond acceptors (Lipinski definition) is 4. The van der Waals surface area contributed by atoms with Gasteiger partial charge in [0.25, 0.3) is 5.91 Å². The minimum absolute atomic E-state index is 0.201. The monoisotopic (exact) mass is 464 g/mol. The molecule has 3 rings (SSSR count). The fourth-order valence-corrected chi connectivity index (χ4v) is 3.12. The van der Waals surface area contributed by atoms with Crippen LogP contribution in [0.5, 0.6) is 0 Å². The molecule has 0 saturated heterocycles. The summed E-state index contributed by atoms with van der Waals surface area (Å²) in [6.07, 6.45) is -3.28. The van der Waals surface area contributed by atoms with Crippen molar-refractivity contribution in [2.24, 2.45) is 0 Å². The summed E-state index contributed by atoms with van der Waals surface area (Å²) < 4.78 is 67.3. The van der Waals surface area contributed by atoms with Crippen molar-refractivity contribution in [3.05, 3.63) is 51.8 Å². The van der Waals surface area contributed by atoms with Crippen molar-refractivity contribution in [3.8, 4) is 0 Å². The Morgan fingerprint density at radius 3 is 2.50 bits per heavy atom. The Labute approximate surface area is 162 Å². The van der Waals surface area contributed by atoms with Gasteiger partial charge in [-0.2, -0.15) is 13.2 Å². The van der Waals surface area contributed by atoms with Crippen LogP contribution in [0, 0.1) is 11.6 Å². The number of rotatable bonds is 3. The maximum absolute atomic E-state index is 14.3. The molecule has 1 aliphatic heterocycles. The Balaban J connectivity index is 1.86. The van der Waals surface area contributed by atoms with E-state index in [1.807, 2.05) is 0 Å². The second-order valence-electron chi connectivity index (χ2n) is 5.88. The molecule has 1 aromatic carbocycles. The molecule has 1 aromatic heterocycles. The van der Waals surface area contributed by atoms with E-state index >= 15 is 0 Å². The number of nitrogens with one attached hydrogen (secondary N) is 1. The molecule has 6 nitrogen and oxygen atoms in total. The molecule has 12 heteroatoms. The normalized spacial score (nSPS) is 16.7. The van der Waals surface area contributed by atoms with Gasteiger partial charge in [-0.25, -0.2) is 18.7 Å². The highest BCUT2D eigenvalue weighted by Crippen LogP contribution is 2.42. The SMILES string of the molecule is O=C(CN1C[C@H](C(F)(F)F)c2c(ccc(Br)c2F)C1=O)Nc1ncc(F)cn1. The van der Waals surface area contributed by atoms with Crippen LogP contribution in [0.3, 0.4) is 0 Å². The van der Waals surface area contributed by atoms with Crippen molar-refractivity contribution in [2.45, 2.75) is 12.1 Å². The maximum atomic E-state index is 14.3. The molecule has 2 aromatic rings. The molecule has 0 bridgehead atoms. The molecule has 1 atom stereocenters. The first-order valence-electron chi connectivity index (χ1n) is 7.69. The average Bonchev–Trinajstić information content (AvgIpc) is 2.61. The standard InChI is InChI=1S/C16H10BrF5N4O2/c17-10-2-1-8-12(13(10)19)9(16(20,21)22)5-26(14(8)28)6-11(27)25-15-23-3-7(18)4-24-15/h1-4,9H,5-6H2,(H,23,24,25,27)/t9-/m0/s1. The van der Waals surface area contributed by atoms with Gasteiger partial charge in [-0.05, 0) is 28.1 Å². The van der Waals surface area contributed by atoms with Gasteiger partial charge in [0.1, 0.15) is 18.3 Å². The number of halogens is 6. The summed E-state index contributed by atoms with van der Waals surface area (Å²) in [5.74, 6) is -6.30. The van der Waals surface area contributed by atoms with E-state index in [1.54, 1.807) is 0 Å². The Hall–Kier alpha value is -2.63. The van der Waals surface area contributed by atoms with Gasteiger partial charge in [0, 0.05) is 17.7 Å². The smallest absolute Gasteiger partial charge is 0.328 e. The number of aromatic nitrogens is 2. The molecule has 0 aliphatic carbocycles. The van der Waals surface area contributed by atoms with Crippen molar-refractivity contribution in [1.29, 1.82) is 0 Å². The summed E-state index contributed by atoms with van der Waals surface area (Å²) in [5.41, 5.74) is -1.23. The third-order valence-electron chi connectivity index (χ3n) is 4.00. The summed E-state index contributed by atoms with van der Waals surface area (Å²) >= 11 is 2.81. The first-order valence-corrected chi connectivity index (χ1v) is 8.48. The number of fused-ring (bicyclic) bond motifs is 1. The van der Waals surface area contributed by atoms with Gasteiger partial charge < -0.3 is 4.90 Å². The van der Waals surface area contributed by atoms with E-state index in [2.05, 4.69) is 31.2 Å². The Morgan fingerprint density at radius 2 is 1.89 bits per heavy atom. The Kier molecular flexibility index (Phi) is 5.33. The van der Waals surface area contributed by atoms with Crippen LogP contribution in [0.4, 0.5) is 27.9 Å². The van der Waals surface area contributed by atoms with Crippen LogP contribution in [-0.4, -0.2) is 45.9 Å². The van der Waals surface area contributed by atoms with E-state index in [-0.39, 0.29) is 10.4 Å². The lowest BCUT2D eigenvalue weighted by Crippen LogP contribution is -2.47.